The van der Waals surface area contributed by atoms with E-state index in [2.05, 4.69) is 98.8 Å². The predicted octanol–water partition coefficient (Wildman–Crippen LogP) is 6.77. The Kier molecular flexibility index (Phi) is 3.01. The van der Waals surface area contributed by atoms with Crippen LogP contribution < -0.4 is 4.74 Å². The number of rotatable bonds is 0. The van der Waals surface area contributed by atoms with Crippen LogP contribution in [0.3, 0.4) is 0 Å². The van der Waals surface area contributed by atoms with Gasteiger partial charge in [-0.2, -0.15) is 0 Å². The van der Waals surface area contributed by atoms with Crippen molar-refractivity contribution in [2.24, 2.45) is 0 Å². The van der Waals surface area contributed by atoms with E-state index in [1.54, 1.807) is 0 Å². The van der Waals surface area contributed by atoms with Crippen LogP contribution in [0.2, 0.25) is 0 Å². The Hall–Kier alpha value is -3.32. The lowest BCUT2D eigenvalue weighted by Gasteiger charge is -2.40. The van der Waals surface area contributed by atoms with E-state index in [1.807, 2.05) is 0 Å². The van der Waals surface area contributed by atoms with E-state index in [0.717, 1.165) is 11.5 Å². The number of ether oxygens (including phenoxy) is 1. The van der Waals surface area contributed by atoms with Gasteiger partial charge in [-0.15, -0.1) is 0 Å². The number of fused-ring (bicyclic) bond motifs is 9. The molecule has 0 atom stereocenters. The first kappa shape index (κ1) is 15.7. The molecular weight excluding hydrogens is 340 g/mol. The van der Waals surface area contributed by atoms with Crippen molar-refractivity contribution in [1.82, 2.24) is 0 Å². The van der Waals surface area contributed by atoms with Gasteiger partial charge >= 0.3 is 0 Å². The Labute approximate surface area is 165 Å². The summed E-state index contributed by atoms with van der Waals surface area (Å²) in [6.45, 7) is 4.48. The number of benzene rings is 4. The fourth-order valence-corrected chi connectivity index (χ4v) is 5.26. The molecule has 0 saturated heterocycles. The van der Waals surface area contributed by atoms with Crippen molar-refractivity contribution in [3.63, 3.8) is 0 Å². The van der Waals surface area contributed by atoms with Gasteiger partial charge in [0.25, 0.3) is 0 Å². The largest absolute Gasteiger partial charge is 0.457 e. The first-order chi connectivity index (χ1) is 13.7. The summed E-state index contributed by atoms with van der Waals surface area (Å²) < 4.78 is 6.36. The smallest absolute Gasteiger partial charge is 0.132 e. The molecule has 1 spiro atoms. The van der Waals surface area contributed by atoms with Gasteiger partial charge in [0, 0.05) is 11.1 Å². The first-order valence-electron chi connectivity index (χ1n) is 9.80. The van der Waals surface area contributed by atoms with Gasteiger partial charge in [-0.05, 0) is 59.4 Å². The summed E-state index contributed by atoms with van der Waals surface area (Å²) in [5.41, 5.74) is 10.2. The highest BCUT2D eigenvalue weighted by atomic mass is 16.5. The topological polar surface area (TPSA) is 9.23 Å². The fourth-order valence-electron chi connectivity index (χ4n) is 5.26. The van der Waals surface area contributed by atoms with Gasteiger partial charge in [0.15, 0.2) is 0 Å². The Morgan fingerprint density at radius 2 is 1.14 bits per heavy atom. The molecule has 1 nitrogen and oxygen atoms in total. The van der Waals surface area contributed by atoms with Crippen molar-refractivity contribution in [1.29, 1.82) is 0 Å². The molecule has 0 radical (unpaired) electrons. The highest BCUT2D eigenvalue weighted by molar-refractivity contribution is 5.89. The third-order valence-corrected chi connectivity index (χ3v) is 6.53. The lowest BCUT2D eigenvalue weighted by Crippen LogP contribution is -2.33. The van der Waals surface area contributed by atoms with Gasteiger partial charge in [-0.3, -0.25) is 0 Å². The maximum atomic E-state index is 6.36. The van der Waals surface area contributed by atoms with E-state index >= 15 is 0 Å². The average molecular weight is 360 g/mol. The molecule has 134 valence electrons. The Morgan fingerprint density at radius 1 is 0.571 bits per heavy atom. The molecule has 0 saturated carbocycles. The van der Waals surface area contributed by atoms with E-state index < -0.39 is 0 Å². The molecule has 0 N–H and O–H groups in total. The summed E-state index contributed by atoms with van der Waals surface area (Å²) >= 11 is 0. The van der Waals surface area contributed by atoms with Crippen LogP contribution >= 0.6 is 0 Å². The van der Waals surface area contributed by atoms with Crippen molar-refractivity contribution < 1.29 is 4.74 Å². The second-order valence-electron chi connectivity index (χ2n) is 7.82. The lowest BCUT2D eigenvalue weighted by atomic mass is 9.65. The number of aryl methyl sites for hydroxylation is 1. The lowest BCUT2D eigenvalue weighted by molar-refractivity contribution is 0.436. The average Bonchev–Trinajstić information content (AvgIpc) is 3.03. The molecule has 4 aromatic carbocycles. The van der Waals surface area contributed by atoms with Crippen LogP contribution in [0.4, 0.5) is 0 Å². The monoisotopic (exact) mass is 360 g/mol. The molecule has 2 aliphatic rings. The van der Waals surface area contributed by atoms with Crippen LogP contribution in [0.1, 0.15) is 33.4 Å². The zero-order chi connectivity index (χ0) is 18.9. The number of hydrogen-bond donors (Lipinski definition) is 0. The third-order valence-electron chi connectivity index (χ3n) is 6.53. The van der Waals surface area contributed by atoms with E-state index in [4.69, 9.17) is 4.74 Å². The molecule has 1 aliphatic carbocycles. The minimum Gasteiger partial charge on any atom is -0.457 e. The highest BCUT2D eigenvalue weighted by Crippen LogP contribution is 2.62. The second-order valence-corrected chi connectivity index (χ2v) is 7.82. The third kappa shape index (κ3) is 1.72. The van der Waals surface area contributed by atoms with Crippen LogP contribution in [-0.2, 0) is 5.41 Å². The van der Waals surface area contributed by atoms with Crippen LogP contribution in [0.15, 0.2) is 84.9 Å². The van der Waals surface area contributed by atoms with E-state index in [1.165, 1.54) is 44.5 Å². The molecule has 1 aliphatic heterocycles. The molecule has 0 fully saturated rings. The molecule has 0 amide bonds. The van der Waals surface area contributed by atoms with Crippen molar-refractivity contribution in [3.8, 4) is 22.6 Å². The SMILES string of the molecule is Cc1ccc2c(c1C)C1(c3ccccc3Oc3ccccc31)c1ccccc1-2. The van der Waals surface area contributed by atoms with Crippen LogP contribution in [0, 0.1) is 13.8 Å². The summed E-state index contributed by atoms with van der Waals surface area (Å²) in [7, 11) is 0. The quantitative estimate of drug-likeness (QED) is 0.290. The van der Waals surface area contributed by atoms with E-state index in [9.17, 15) is 0 Å². The molecule has 28 heavy (non-hydrogen) atoms. The van der Waals surface area contributed by atoms with Gasteiger partial charge in [-0.25, -0.2) is 0 Å². The van der Waals surface area contributed by atoms with E-state index in [0.29, 0.717) is 0 Å². The second kappa shape index (κ2) is 5.36. The zero-order valence-corrected chi connectivity index (χ0v) is 16.0. The molecule has 0 unspecified atom stereocenters. The van der Waals surface area contributed by atoms with Crippen LogP contribution in [-0.4, -0.2) is 0 Å². The summed E-state index contributed by atoms with van der Waals surface area (Å²) in [6, 6.07) is 30.5. The summed E-state index contributed by atoms with van der Waals surface area (Å²) in [6.07, 6.45) is 0. The zero-order valence-electron chi connectivity index (χ0n) is 16.0. The maximum Gasteiger partial charge on any atom is 0.132 e. The fraction of sp³-hybridized carbons (Fsp3) is 0.111. The summed E-state index contributed by atoms with van der Waals surface area (Å²) in [4.78, 5) is 0. The molecule has 0 aromatic heterocycles. The Bertz CT molecular complexity index is 1220. The summed E-state index contributed by atoms with van der Waals surface area (Å²) in [5.74, 6) is 1.90. The molecule has 0 bridgehead atoms. The maximum absolute atomic E-state index is 6.36. The molecule has 4 aromatic rings. The standard InChI is InChI=1S/C27H20O/c1-17-15-16-20-19-9-3-4-10-21(19)27(26(20)18(17)2)22-11-5-7-13-24(22)28-25-14-8-6-12-23(25)27/h3-16H,1-2H3. The number of para-hydroxylation sites is 2. The minimum atomic E-state index is -0.340. The molecule has 1 heteroatoms. The van der Waals surface area contributed by atoms with Crippen LogP contribution in [0.5, 0.6) is 11.5 Å². The minimum absolute atomic E-state index is 0.340. The normalized spacial score (nSPS) is 14.6. The van der Waals surface area contributed by atoms with Gasteiger partial charge in [-0.1, -0.05) is 72.8 Å². The predicted molar refractivity (Wildman–Crippen MR) is 113 cm³/mol. The van der Waals surface area contributed by atoms with Crippen LogP contribution in [0.25, 0.3) is 11.1 Å². The van der Waals surface area contributed by atoms with Crippen molar-refractivity contribution in [2.75, 3.05) is 0 Å². The van der Waals surface area contributed by atoms with Crippen molar-refractivity contribution in [3.05, 3.63) is 118 Å². The highest BCUT2D eigenvalue weighted by Gasteiger charge is 2.51. The summed E-state index contributed by atoms with van der Waals surface area (Å²) in [5, 5.41) is 0. The molecular formula is C27H20O. The van der Waals surface area contributed by atoms with Crippen molar-refractivity contribution >= 4 is 0 Å². The van der Waals surface area contributed by atoms with Crippen molar-refractivity contribution in [2.45, 2.75) is 19.3 Å². The van der Waals surface area contributed by atoms with E-state index in [-0.39, 0.29) is 5.41 Å². The van der Waals surface area contributed by atoms with Gasteiger partial charge in [0.1, 0.15) is 11.5 Å². The molecule has 6 rings (SSSR count). The Morgan fingerprint density at radius 3 is 1.82 bits per heavy atom. The van der Waals surface area contributed by atoms with Gasteiger partial charge in [0.2, 0.25) is 0 Å². The number of hydrogen-bond acceptors (Lipinski definition) is 1. The van der Waals surface area contributed by atoms with Gasteiger partial charge in [0.05, 0.1) is 5.41 Å². The van der Waals surface area contributed by atoms with Gasteiger partial charge < -0.3 is 4.74 Å². The molecule has 1 heterocycles. The Balaban J connectivity index is 1.89. The first-order valence-corrected chi connectivity index (χ1v) is 9.80.